The Bertz CT molecular complexity index is 573. The summed E-state index contributed by atoms with van der Waals surface area (Å²) in [7, 11) is 0. The molecule has 2 heterocycles. The van der Waals surface area contributed by atoms with E-state index in [0.717, 1.165) is 9.75 Å². The average molecular weight is 321 g/mol. The van der Waals surface area contributed by atoms with Crippen molar-refractivity contribution in [3.8, 4) is 0 Å². The summed E-state index contributed by atoms with van der Waals surface area (Å²) in [6.45, 7) is 4.17. The van der Waals surface area contributed by atoms with Crippen LogP contribution in [0.2, 0.25) is 0 Å². The molecule has 0 aromatic carbocycles. The van der Waals surface area contributed by atoms with Crippen molar-refractivity contribution in [2.24, 2.45) is 5.92 Å². The number of carbonyl (C=O) groups excluding carboxylic acids is 2. The summed E-state index contributed by atoms with van der Waals surface area (Å²) in [6.07, 6.45) is 0.507. The molecular weight excluding hydrogens is 302 g/mol. The van der Waals surface area contributed by atoms with Gasteiger partial charge in [0.25, 0.3) is 0 Å². The zero-order valence-electron chi connectivity index (χ0n) is 12.2. The van der Waals surface area contributed by atoms with Gasteiger partial charge in [-0.1, -0.05) is 26.0 Å². The molecule has 0 aliphatic rings. The number of thiophene rings is 2. The number of hydrogen-bond donors (Lipinski definition) is 1. The standard InChI is InChI=1S/C16H19NO2S2/c1-11(2)16(14-6-4-10-21-14)17-15(19)8-7-12(18)13-5-3-9-20-13/h3-6,9-11,16H,7-8H2,1-2H3,(H,17,19)/t16-/m1/s1. The van der Waals surface area contributed by atoms with Crippen LogP contribution in [0.1, 0.15) is 47.3 Å². The molecule has 0 bridgehead atoms. The van der Waals surface area contributed by atoms with Crippen LogP contribution in [-0.2, 0) is 4.79 Å². The van der Waals surface area contributed by atoms with Crippen molar-refractivity contribution in [3.63, 3.8) is 0 Å². The van der Waals surface area contributed by atoms with Crippen molar-refractivity contribution in [1.82, 2.24) is 5.32 Å². The van der Waals surface area contributed by atoms with Crippen LogP contribution in [0.5, 0.6) is 0 Å². The topological polar surface area (TPSA) is 46.2 Å². The van der Waals surface area contributed by atoms with E-state index in [-0.39, 0.29) is 30.6 Å². The second kappa shape index (κ2) is 7.52. The fourth-order valence-electron chi connectivity index (χ4n) is 2.07. The molecule has 2 rings (SSSR count). The highest BCUT2D eigenvalue weighted by molar-refractivity contribution is 7.12. The van der Waals surface area contributed by atoms with Gasteiger partial charge < -0.3 is 5.32 Å². The number of Topliss-reactive ketones (excluding diaryl/α,β-unsaturated/α-hetero) is 1. The lowest BCUT2D eigenvalue weighted by Gasteiger charge is -2.21. The quantitative estimate of drug-likeness (QED) is 0.773. The molecule has 1 atom stereocenters. The van der Waals surface area contributed by atoms with Gasteiger partial charge in [0.15, 0.2) is 5.78 Å². The van der Waals surface area contributed by atoms with Gasteiger partial charge in [0, 0.05) is 17.7 Å². The molecule has 0 aliphatic heterocycles. The summed E-state index contributed by atoms with van der Waals surface area (Å²) in [4.78, 5) is 25.8. The maximum Gasteiger partial charge on any atom is 0.220 e. The molecule has 2 aromatic heterocycles. The molecule has 0 aliphatic carbocycles. The largest absolute Gasteiger partial charge is 0.348 e. The lowest BCUT2D eigenvalue weighted by atomic mass is 10.0. The van der Waals surface area contributed by atoms with E-state index in [2.05, 4.69) is 19.2 Å². The molecule has 0 fully saturated rings. The second-order valence-electron chi connectivity index (χ2n) is 5.21. The molecule has 0 unspecified atom stereocenters. The van der Waals surface area contributed by atoms with E-state index in [9.17, 15) is 9.59 Å². The van der Waals surface area contributed by atoms with Crippen LogP contribution in [0.25, 0.3) is 0 Å². The van der Waals surface area contributed by atoms with Crippen LogP contribution in [0.4, 0.5) is 0 Å². The molecule has 0 saturated heterocycles. The van der Waals surface area contributed by atoms with Crippen LogP contribution in [0.3, 0.4) is 0 Å². The predicted molar refractivity (Wildman–Crippen MR) is 87.9 cm³/mol. The molecule has 5 heteroatoms. The lowest BCUT2D eigenvalue weighted by Crippen LogP contribution is -2.31. The van der Waals surface area contributed by atoms with Gasteiger partial charge in [0.05, 0.1) is 10.9 Å². The molecule has 0 spiro atoms. The van der Waals surface area contributed by atoms with Crippen molar-refractivity contribution in [1.29, 1.82) is 0 Å². The third-order valence-corrected chi connectivity index (χ3v) is 5.07. The highest BCUT2D eigenvalue weighted by Gasteiger charge is 2.19. The van der Waals surface area contributed by atoms with Crippen molar-refractivity contribution in [3.05, 3.63) is 44.8 Å². The molecule has 0 saturated carbocycles. The van der Waals surface area contributed by atoms with Crippen LogP contribution in [0.15, 0.2) is 35.0 Å². The predicted octanol–water partition coefficient (Wildman–Crippen LogP) is 4.29. The van der Waals surface area contributed by atoms with Gasteiger partial charge in [0.2, 0.25) is 5.91 Å². The summed E-state index contributed by atoms with van der Waals surface area (Å²) in [6, 6.07) is 7.69. The third-order valence-electron chi connectivity index (χ3n) is 3.21. The van der Waals surface area contributed by atoms with Gasteiger partial charge in [-0.3, -0.25) is 9.59 Å². The first-order valence-corrected chi connectivity index (χ1v) is 8.73. The summed E-state index contributed by atoms with van der Waals surface area (Å²) < 4.78 is 0. The van der Waals surface area contributed by atoms with Crippen molar-refractivity contribution in [2.75, 3.05) is 0 Å². The number of amides is 1. The van der Waals surface area contributed by atoms with Gasteiger partial charge in [-0.25, -0.2) is 0 Å². The maximum absolute atomic E-state index is 12.1. The minimum absolute atomic E-state index is 0.0225. The third kappa shape index (κ3) is 4.51. The van der Waals surface area contributed by atoms with E-state index in [1.165, 1.54) is 11.3 Å². The van der Waals surface area contributed by atoms with Crippen molar-refractivity contribution in [2.45, 2.75) is 32.7 Å². The molecule has 1 N–H and O–H groups in total. The Labute approximate surface area is 133 Å². The number of carbonyl (C=O) groups is 2. The Hall–Kier alpha value is -1.46. The Morgan fingerprint density at radius 3 is 2.38 bits per heavy atom. The summed E-state index contributed by atoms with van der Waals surface area (Å²) in [5.41, 5.74) is 0. The monoisotopic (exact) mass is 321 g/mol. The zero-order chi connectivity index (χ0) is 15.2. The molecule has 2 aromatic rings. The van der Waals surface area contributed by atoms with E-state index in [0.29, 0.717) is 5.92 Å². The Balaban J connectivity index is 1.87. The van der Waals surface area contributed by atoms with E-state index in [4.69, 9.17) is 0 Å². The normalized spacial score (nSPS) is 12.3. The van der Waals surface area contributed by atoms with Crippen LogP contribution in [0, 0.1) is 5.92 Å². The molecule has 0 radical (unpaired) electrons. The van der Waals surface area contributed by atoms with Gasteiger partial charge >= 0.3 is 0 Å². The maximum atomic E-state index is 12.1. The molecule has 112 valence electrons. The summed E-state index contributed by atoms with van der Waals surface area (Å²) >= 11 is 3.06. The Kier molecular flexibility index (Phi) is 5.70. The van der Waals surface area contributed by atoms with Crippen LogP contribution < -0.4 is 5.32 Å². The highest BCUT2D eigenvalue weighted by atomic mass is 32.1. The molecule has 21 heavy (non-hydrogen) atoms. The van der Waals surface area contributed by atoms with Gasteiger partial charge in [-0.15, -0.1) is 22.7 Å². The number of hydrogen-bond acceptors (Lipinski definition) is 4. The lowest BCUT2D eigenvalue weighted by molar-refractivity contribution is -0.122. The van der Waals surface area contributed by atoms with E-state index < -0.39 is 0 Å². The van der Waals surface area contributed by atoms with Crippen molar-refractivity contribution >= 4 is 34.4 Å². The average Bonchev–Trinajstić information content (AvgIpc) is 3.13. The summed E-state index contributed by atoms with van der Waals surface area (Å²) in [5.74, 6) is 0.296. The molecule has 3 nitrogen and oxygen atoms in total. The molecule has 1 amide bonds. The SMILES string of the molecule is CC(C)[C@@H](NC(=O)CCC(=O)c1cccs1)c1cccs1. The van der Waals surface area contributed by atoms with Crippen LogP contribution >= 0.6 is 22.7 Å². The van der Waals surface area contributed by atoms with E-state index >= 15 is 0 Å². The number of nitrogens with one attached hydrogen (secondary N) is 1. The van der Waals surface area contributed by atoms with Gasteiger partial charge in [-0.2, -0.15) is 0 Å². The fraction of sp³-hybridized carbons (Fsp3) is 0.375. The van der Waals surface area contributed by atoms with E-state index in [1.807, 2.05) is 29.0 Å². The smallest absolute Gasteiger partial charge is 0.220 e. The minimum atomic E-state index is -0.0630. The minimum Gasteiger partial charge on any atom is -0.348 e. The number of ketones is 1. The number of rotatable bonds is 7. The molecular formula is C16H19NO2S2. The fourth-order valence-corrected chi connectivity index (χ4v) is 3.71. The van der Waals surface area contributed by atoms with E-state index in [1.54, 1.807) is 17.4 Å². The second-order valence-corrected chi connectivity index (χ2v) is 7.13. The Morgan fingerprint density at radius 1 is 1.10 bits per heavy atom. The van der Waals surface area contributed by atoms with Crippen molar-refractivity contribution < 1.29 is 9.59 Å². The van der Waals surface area contributed by atoms with Gasteiger partial charge in [0.1, 0.15) is 0 Å². The first-order chi connectivity index (χ1) is 10.1. The highest BCUT2D eigenvalue weighted by Crippen LogP contribution is 2.25. The van der Waals surface area contributed by atoms with Gasteiger partial charge in [-0.05, 0) is 28.8 Å². The first kappa shape index (κ1) is 15.9. The Morgan fingerprint density at radius 2 is 1.81 bits per heavy atom. The zero-order valence-corrected chi connectivity index (χ0v) is 13.8. The first-order valence-electron chi connectivity index (χ1n) is 6.97. The summed E-state index contributed by atoms with van der Waals surface area (Å²) in [5, 5.41) is 6.93. The van der Waals surface area contributed by atoms with Crippen LogP contribution in [-0.4, -0.2) is 11.7 Å².